The molecule has 0 atom stereocenters. The molecule has 0 aliphatic carbocycles. The number of hydrogen-bond acceptors (Lipinski definition) is 3. The van der Waals surface area contributed by atoms with Crippen molar-refractivity contribution in [3.05, 3.63) is 60.2 Å². The van der Waals surface area contributed by atoms with Gasteiger partial charge in [-0.15, -0.1) is 0 Å². The van der Waals surface area contributed by atoms with Crippen LogP contribution in [0.1, 0.15) is 18.9 Å². The van der Waals surface area contributed by atoms with E-state index in [-0.39, 0.29) is 0 Å². The van der Waals surface area contributed by atoms with Gasteiger partial charge in [0.1, 0.15) is 12.4 Å². The fraction of sp³-hybridized carbons (Fsp3) is 0.333. The van der Waals surface area contributed by atoms with Crippen molar-refractivity contribution in [3.8, 4) is 5.75 Å². The highest BCUT2D eigenvalue weighted by molar-refractivity contribution is 5.39. The zero-order valence-corrected chi connectivity index (χ0v) is 12.7. The Morgan fingerprint density at radius 1 is 0.952 bits per heavy atom. The smallest absolute Gasteiger partial charge is 0.119 e. The number of nitrogen functional groups attached to an aromatic ring is 1. The Morgan fingerprint density at radius 2 is 1.67 bits per heavy atom. The maximum Gasteiger partial charge on any atom is 0.119 e. The Morgan fingerprint density at radius 3 is 2.33 bits per heavy atom. The van der Waals surface area contributed by atoms with Crippen molar-refractivity contribution in [2.75, 3.05) is 25.4 Å². The number of hydrogen-bond donors (Lipinski definition) is 1. The molecule has 0 heterocycles. The van der Waals surface area contributed by atoms with Crippen molar-refractivity contribution in [1.82, 2.24) is 4.90 Å². The van der Waals surface area contributed by atoms with Crippen LogP contribution in [0.5, 0.6) is 5.75 Å². The Kier molecular flexibility index (Phi) is 6.10. The summed E-state index contributed by atoms with van der Waals surface area (Å²) >= 11 is 0. The Bertz CT molecular complexity index is 511. The molecule has 0 aromatic heterocycles. The van der Waals surface area contributed by atoms with E-state index < -0.39 is 0 Å². The number of ether oxygens (including phenoxy) is 1. The Labute approximate surface area is 127 Å². The molecule has 2 aromatic carbocycles. The fourth-order valence-corrected chi connectivity index (χ4v) is 2.28. The highest BCUT2D eigenvalue weighted by atomic mass is 16.5. The summed E-state index contributed by atoms with van der Waals surface area (Å²) in [6.45, 7) is 5.84. The summed E-state index contributed by atoms with van der Waals surface area (Å²) in [5.41, 5.74) is 7.83. The normalized spacial score (nSPS) is 10.8. The first-order valence-electron chi connectivity index (χ1n) is 7.52. The number of nitrogens with two attached hydrogens (primary N) is 1. The molecule has 0 fully saturated rings. The van der Waals surface area contributed by atoms with Crippen LogP contribution in [0.3, 0.4) is 0 Å². The second-order valence-electron chi connectivity index (χ2n) is 5.18. The first-order chi connectivity index (χ1) is 10.3. The molecule has 112 valence electrons. The molecule has 0 saturated carbocycles. The minimum Gasteiger partial charge on any atom is -0.492 e. The van der Waals surface area contributed by atoms with E-state index in [0.29, 0.717) is 6.61 Å². The highest BCUT2D eigenvalue weighted by Crippen LogP contribution is 2.11. The molecule has 3 nitrogen and oxygen atoms in total. The van der Waals surface area contributed by atoms with Gasteiger partial charge >= 0.3 is 0 Å². The van der Waals surface area contributed by atoms with Crippen LogP contribution in [-0.4, -0.2) is 24.6 Å². The van der Waals surface area contributed by atoms with Gasteiger partial charge in [0, 0.05) is 18.8 Å². The lowest BCUT2D eigenvalue weighted by atomic mass is 10.2. The van der Waals surface area contributed by atoms with Crippen molar-refractivity contribution < 1.29 is 4.74 Å². The molecule has 2 rings (SSSR count). The van der Waals surface area contributed by atoms with Gasteiger partial charge in [-0.1, -0.05) is 37.3 Å². The first-order valence-corrected chi connectivity index (χ1v) is 7.52. The van der Waals surface area contributed by atoms with Crippen LogP contribution in [0, 0.1) is 0 Å². The molecule has 2 N–H and O–H groups in total. The second-order valence-corrected chi connectivity index (χ2v) is 5.18. The van der Waals surface area contributed by atoms with E-state index in [4.69, 9.17) is 10.5 Å². The molecule has 0 saturated heterocycles. The molecule has 2 aromatic rings. The highest BCUT2D eigenvalue weighted by Gasteiger charge is 2.05. The van der Waals surface area contributed by atoms with Gasteiger partial charge < -0.3 is 10.5 Å². The molecule has 0 radical (unpaired) electrons. The van der Waals surface area contributed by atoms with Gasteiger partial charge in [-0.05, 0) is 42.8 Å². The molecule has 0 spiro atoms. The van der Waals surface area contributed by atoms with Crippen molar-refractivity contribution in [3.63, 3.8) is 0 Å². The van der Waals surface area contributed by atoms with Crippen molar-refractivity contribution in [2.24, 2.45) is 0 Å². The summed E-state index contributed by atoms with van der Waals surface area (Å²) in [4.78, 5) is 2.41. The zero-order chi connectivity index (χ0) is 14.9. The number of rotatable bonds is 8. The van der Waals surface area contributed by atoms with E-state index >= 15 is 0 Å². The average Bonchev–Trinajstić information content (AvgIpc) is 2.51. The summed E-state index contributed by atoms with van der Waals surface area (Å²) in [7, 11) is 0. The lowest BCUT2D eigenvalue weighted by Crippen LogP contribution is -2.28. The third kappa shape index (κ3) is 5.48. The SMILES string of the molecule is CCCN(CCOc1ccccc1)Cc1ccc(N)cc1. The van der Waals surface area contributed by atoms with Gasteiger partial charge in [-0.25, -0.2) is 0 Å². The van der Waals surface area contributed by atoms with Crippen LogP contribution in [0.15, 0.2) is 54.6 Å². The van der Waals surface area contributed by atoms with Crippen molar-refractivity contribution in [2.45, 2.75) is 19.9 Å². The minimum atomic E-state index is 0.707. The molecular weight excluding hydrogens is 260 g/mol. The fourth-order valence-electron chi connectivity index (χ4n) is 2.28. The van der Waals surface area contributed by atoms with E-state index in [0.717, 1.165) is 37.5 Å². The van der Waals surface area contributed by atoms with Gasteiger partial charge in [-0.2, -0.15) is 0 Å². The van der Waals surface area contributed by atoms with Crippen LogP contribution in [-0.2, 0) is 6.54 Å². The van der Waals surface area contributed by atoms with Gasteiger partial charge in [-0.3, -0.25) is 4.90 Å². The van der Waals surface area contributed by atoms with Crippen LogP contribution >= 0.6 is 0 Å². The van der Waals surface area contributed by atoms with Crippen LogP contribution in [0.4, 0.5) is 5.69 Å². The van der Waals surface area contributed by atoms with Gasteiger partial charge in [0.15, 0.2) is 0 Å². The summed E-state index contributed by atoms with van der Waals surface area (Å²) in [6.07, 6.45) is 1.14. The number of nitrogens with zero attached hydrogens (tertiary/aromatic N) is 1. The van der Waals surface area contributed by atoms with Crippen molar-refractivity contribution in [1.29, 1.82) is 0 Å². The molecule has 0 unspecified atom stereocenters. The lowest BCUT2D eigenvalue weighted by Gasteiger charge is -2.22. The lowest BCUT2D eigenvalue weighted by molar-refractivity contribution is 0.203. The first kappa shape index (κ1) is 15.4. The van der Waals surface area contributed by atoms with E-state index in [2.05, 4.69) is 24.0 Å². The molecular formula is C18H24N2O. The molecule has 0 bridgehead atoms. The number of para-hydroxylation sites is 1. The average molecular weight is 284 g/mol. The second kappa shape index (κ2) is 8.32. The largest absolute Gasteiger partial charge is 0.492 e. The topological polar surface area (TPSA) is 38.5 Å². The third-order valence-corrected chi connectivity index (χ3v) is 3.35. The summed E-state index contributed by atoms with van der Waals surface area (Å²) < 4.78 is 5.78. The minimum absolute atomic E-state index is 0.707. The molecule has 21 heavy (non-hydrogen) atoms. The maximum absolute atomic E-state index is 5.78. The molecule has 0 amide bonds. The summed E-state index contributed by atoms with van der Waals surface area (Å²) in [5.74, 6) is 0.932. The monoisotopic (exact) mass is 284 g/mol. The van der Waals surface area contributed by atoms with Crippen molar-refractivity contribution >= 4 is 5.69 Å². The number of benzene rings is 2. The van der Waals surface area contributed by atoms with Gasteiger partial charge in [0.2, 0.25) is 0 Å². The quantitative estimate of drug-likeness (QED) is 0.753. The van der Waals surface area contributed by atoms with Crippen LogP contribution < -0.4 is 10.5 Å². The van der Waals surface area contributed by atoms with Gasteiger partial charge in [0.05, 0.1) is 0 Å². The van der Waals surface area contributed by atoms with E-state index in [9.17, 15) is 0 Å². The predicted octanol–water partition coefficient (Wildman–Crippen LogP) is 3.56. The molecule has 3 heteroatoms. The van der Waals surface area contributed by atoms with E-state index in [1.807, 2.05) is 42.5 Å². The molecule has 0 aliphatic rings. The Hall–Kier alpha value is -2.00. The standard InChI is InChI=1S/C18H24N2O/c1-2-12-20(15-16-8-10-17(19)11-9-16)13-14-21-18-6-4-3-5-7-18/h3-11H,2,12-15,19H2,1H3. The predicted molar refractivity (Wildman–Crippen MR) is 88.4 cm³/mol. The van der Waals surface area contributed by atoms with E-state index in [1.165, 1.54) is 5.56 Å². The third-order valence-electron chi connectivity index (χ3n) is 3.35. The van der Waals surface area contributed by atoms with Crippen LogP contribution in [0.2, 0.25) is 0 Å². The van der Waals surface area contributed by atoms with E-state index in [1.54, 1.807) is 0 Å². The van der Waals surface area contributed by atoms with Gasteiger partial charge in [0.25, 0.3) is 0 Å². The zero-order valence-electron chi connectivity index (χ0n) is 12.7. The molecule has 0 aliphatic heterocycles. The number of anilines is 1. The summed E-state index contributed by atoms with van der Waals surface area (Å²) in [6, 6.07) is 18.1. The maximum atomic E-state index is 5.78. The van der Waals surface area contributed by atoms with Crippen LogP contribution in [0.25, 0.3) is 0 Å². The summed E-state index contributed by atoms with van der Waals surface area (Å²) in [5, 5.41) is 0. The Balaban J connectivity index is 1.82.